The van der Waals surface area contributed by atoms with E-state index in [1.54, 1.807) is 22.8 Å². The van der Waals surface area contributed by atoms with Crippen molar-refractivity contribution in [1.82, 2.24) is 19.5 Å². The third-order valence-corrected chi connectivity index (χ3v) is 7.12. The summed E-state index contributed by atoms with van der Waals surface area (Å²) in [5.41, 5.74) is 3.26. The van der Waals surface area contributed by atoms with Gasteiger partial charge < -0.3 is 10.2 Å². The number of hydrogen-bond donors (Lipinski definition) is 1. The molecule has 202 valence electrons. The van der Waals surface area contributed by atoms with Crippen molar-refractivity contribution in [3.8, 4) is 0 Å². The lowest BCUT2D eigenvalue weighted by Gasteiger charge is -2.32. The first kappa shape index (κ1) is 26.4. The highest BCUT2D eigenvalue weighted by molar-refractivity contribution is 5.94. The van der Waals surface area contributed by atoms with E-state index in [1.807, 2.05) is 29.2 Å². The monoisotopic (exact) mass is 535 g/mol. The van der Waals surface area contributed by atoms with Gasteiger partial charge in [-0.05, 0) is 79.1 Å². The third-order valence-electron chi connectivity index (χ3n) is 7.12. The smallest absolute Gasteiger partial charge is 0.339 e. The number of benzene rings is 2. The van der Waals surface area contributed by atoms with Gasteiger partial charge in [-0.15, -0.1) is 0 Å². The van der Waals surface area contributed by atoms with E-state index in [-0.39, 0.29) is 18.2 Å². The molecule has 4 aromatic rings. The van der Waals surface area contributed by atoms with Crippen molar-refractivity contribution in [2.45, 2.75) is 44.2 Å². The summed E-state index contributed by atoms with van der Waals surface area (Å²) in [7, 11) is 0. The molecular formula is C29H28F3N5O2. The molecule has 5 rings (SSSR count). The number of pyridine rings is 1. The summed E-state index contributed by atoms with van der Waals surface area (Å²) < 4.78 is 39.6. The highest BCUT2D eigenvalue weighted by atomic mass is 19.4. The van der Waals surface area contributed by atoms with Crippen LogP contribution in [0.4, 0.5) is 18.9 Å². The lowest BCUT2D eigenvalue weighted by atomic mass is 9.89. The third kappa shape index (κ3) is 6.45. The minimum absolute atomic E-state index is 0.0118. The number of halogens is 3. The number of aryl methyl sites for hydroxylation is 1. The summed E-state index contributed by atoms with van der Waals surface area (Å²) in [5.74, 6) is 0.188. The average molecular weight is 536 g/mol. The number of nitrogens with zero attached hydrogens (tertiary/aromatic N) is 4. The Bertz CT molecular complexity index is 1440. The molecule has 1 aliphatic rings. The van der Waals surface area contributed by atoms with Crippen LogP contribution < -0.4 is 5.32 Å². The van der Waals surface area contributed by atoms with Gasteiger partial charge in [0.1, 0.15) is 6.33 Å². The van der Waals surface area contributed by atoms with Gasteiger partial charge in [0.2, 0.25) is 5.91 Å². The Morgan fingerprint density at radius 2 is 1.67 bits per heavy atom. The fourth-order valence-electron chi connectivity index (χ4n) is 4.92. The molecule has 1 N–H and O–H groups in total. The van der Waals surface area contributed by atoms with Crippen LogP contribution in [-0.4, -0.2) is 44.4 Å². The molecule has 7 nitrogen and oxygen atoms in total. The van der Waals surface area contributed by atoms with Gasteiger partial charge in [-0.1, -0.05) is 24.3 Å². The number of likely N-dealkylation sites (tertiary alicyclic amines) is 1. The standard InChI is InChI=1S/C29H28F3N5O2/c30-29(31,32)24-9-4-20(5-10-24)2-1-3-27(38)35-25-11-6-21(7-12-25)22-14-16-36(17-15-22)28(39)23-8-13-26-33-19-34-37(26)18-23/h4-13,18-19,22H,1-3,14-17H2,(H,35,38). The fourth-order valence-corrected chi connectivity index (χ4v) is 4.92. The zero-order valence-corrected chi connectivity index (χ0v) is 21.2. The van der Waals surface area contributed by atoms with Crippen LogP contribution in [0.5, 0.6) is 0 Å². The highest BCUT2D eigenvalue weighted by Crippen LogP contribution is 2.30. The van der Waals surface area contributed by atoms with Crippen LogP contribution in [0, 0.1) is 0 Å². The summed E-state index contributed by atoms with van der Waals surface area (Å²) in [6.07, 6.45) is 1.87. The maximum Gasteiger partial charge on any atom is 0.416 e. The summed E-state index contributed by atoms with van der Waals surface area (Å²) in [6.45, 7) is 1.33. The van der Waals surface area contributed by atoms with Gasteiger partial charge in [0.15, 0.2) is 5.65 Å². The highest BCUT2D eigenvalue weighted by Gasteiger charge is 2.30. The quantitative estimate of drug-likeness (QED) is 0.328. The Kier molecular flexibility index (Phi) is 7.63. The second-order valence-corrected chi connectivity index (χ2v) is 9.77. The number of nitrogens with one attached hydrogen (secondary N) is 1. The number of rotatable bonds is 7. The predicted molar refractivity (Wildman–Crippen MR) is 140 cm³/mol. The van der Waals surface area contributed by atoms with E-state index < -0.39 is 11.7 Å². The van der Waals surface area contributed by atoms with Gasteiger partial charge in [0.05, 0.1) is 11.1 Å². The second kappa shape index (κ2) is 11.3. The molecule has 2 amide bonds. The predicted octanol–water partition coefficient (Wildman–Crippen LogP) is 5.73. The summed E-state index contributed by atoms with van der Waals surface area (Å²) in [5, 5.41) is 6.98. The van der Waals surface area contributed by atoms with Crippen molar-refractivity contribution in [3.05, 3.63) is 95.4 Å². The molecule has 0 aliphatic carbocycles. The summed E-state index contributed by atoms with van der Waals surface area (Å²) in [6, 6.07) is 16.4. The van der Waals surface area contributed by atoms with E-state index in [0.29, 0.717) is 48.7 Å². The molecule has 1 fully saturated rings. The van der Waals surface area contributed by atoms with Crippen LogP contribution in [0.25, 0.3) is 5.65 Å². The van der Waals surface area contributed by atoms with Crippen LogP contribution in [0.15, 0.2) is 73.2 Å². The molecule has 39 heavy (non-hydrogen) atoms. The van der Waals surface area contributed by atoms with E-state index >= 15 is 0 Å². The van der Waals surface area contributed by atoms with Crippen LogP contribution in [-0.2, 0) is 17.4 Å². The van der Waals surface area contributed by atoms with Crippen LogP contribution in [0.1, 0.15) is 58.6 Å². The molecule has 1 saturated heterocycles. The molecule has 0 spiro atoms. The van der Waals surface area contributed by atoms with E-state index in [0.717, 1.165) is 30.5 Å². The Morgan fingerprint density at radius 1 is 0.949 bits per heavy atom. The number of fused-ring (bicyclic) bond motifs is 1. The number of piperidine rings is 1. The fraction of sp³-hybridized carbons (Fsp3) is 0.310. The zero-order valence-electron chi connectivity index (χ0n) is 21.2. The Morgan fingerprint density at radius 3 is 2.36 bits per heavy atom. The van der Waals surface area contributed by atoms with Gasteiger partial charge in [0.25, 0.3) is 5.91 Å². The van der Waals surface area contributed by atoms with Crippen molar-refractivity contribution >= 4 is 23.1 Å². The minimum atomic E-state index is -4.35. The van der Waals surface area contributed by atoms with Crippen LogP contribution in [0.3, 0.4) is 0 Å². The van der Waals surface area contributed by atoms with Crippen molar-refractivity contribution in [2.75, 3.05) is 18.4 Å². The maximum absolute atomic E-state index is 12.9. The van der Waals surface area contributed by atoms with Gasteiger partial charge in [-0.25, -0.2) is 9.50 Å². The molecule has 10 heteroatoms. The lowest BCUT2D eigenvalue weighted by molar-refractivity contribution is -0.137. The number of aromatic nitrogens is 3. The first-order valence-electron chi connectivity index (χ1n) is 12.9. The molecule has 2 aromatic heterocycles. The molecule has 2 aromatic carbocycles. The van der Waals surface area contributed by atoms with Gasteiger partial charge in [0, 0.05) is 31.4 Å². The zero-order chi connectivity index (χ0) is 27.4. The Labute approximate surface area is 223 Å². The van der Waals surface area contributed by atoms with E-state index in [4.69, 9.17) is 0 Å². The summed E-state index contributed by atoms with van der Waals surface area (Å²) >= 11 is 0. The van der Waals surface area contributed by atoms with E-state index in [1.165, 1.54) is 24.0 Å². The number of amides is 2. The van der Waals surface area contributed by atoms with Gasteiger partial charge >= 0.3 is 6.18 Å². The maximum atomic E-state index is 12.9. The largest absolute Gasteiger partial charge is 0.416 e. The van der Waals surface area contributed by atoms with Gasteiger partial charge in [-0.3, -0.25) is 9.59 Å². The van der Waals surface area contributed by atoms with Crippen LogP contribution in [0.2, 0.25) is 0 Å². The Hall–Kier alpha value is -4.21. The lowest BCUT2D eigenvalue weighted by Crippen LogP contribution is -2.38. The number of anilines is 1. The number of hydrogen-bond acceptors (Lipinski definition) is 4. The topological polar surface area (TPSA) is 79.6 Å². The van der Waals surface area contributed by atoms with E-state index in [2.05, 4.69) is 15.4 Å². The second-order valence-electron chi connectivity index (χ2n) is 9.77. The number of alkyl halides is 3. The van der Waals surface area contributed by atoms with Crippen LogP contribution >= 0.6 is 0 Å². The molecule has 0 bridgehead atoms. The van der Waals surface area contributed by atoms with Crippen molar-refractivity contribution in [2.24, 2.45) is 0 Å². The molecule has 1 aliphatic heterocycles. The SMILES string of the molecule is O=C(CCCc1ccc(C(F)(F)F)cc1)Nc1ccc(C2CCN(C(=O)c3ccc4ncnn4c3)CC2)cc1. The number of carbonyl (C=O) groups excluding carboxylic acids is 2. The molecule has 0 saturated carbocycles. The molecule has 0 radical (unpaired) electrons. The molecule has 3 heterocycles. The van der Waals surface area contributed by atoms with Gasteiger partial charge in [-0.2, -0.15) is 18.3 Å². The van der Waals surface area contributed by atoms with Crippen molar-refractivity contribution in [3.63, 3.8) is 0 Å². The normalized spacial score (nSPS) is 14.5. The first-order chi connectivity index (χ1) is 18.8. The minimum Gasteiger partial charge on any atom is -0.339 e. The molecule has 0 unspecified atom stereocenters. The summed E-state index contributed by atoms with van der Waals surface area (Å²) in [4.78, 5) is 31.3. The average Bonchev–Trinajstić information content (AvgIpc) is 3.41. The Balaban J connectivity index is 1.06. The number of carbonyl (C=O) groups is 2. The molecule has 0 atom stereocenters. The van der Waals surface area contributed by atoms with E-state index in [9.17, 15) is 22.8 Å². The first-order valence-corrected chi connectivity index (χ1v) is 12.9. The molecular weight excluding hydrogens is 507 g/mol. The van der Waals surface area contributed by atoms with Crippen molar-refractivity contribution in [1.29, 1.82) is 0 Å². The van der Waals surface area contributed by atoms with Crippen molar-refractivity contribution < 1.29 is 22.8 Å².